The zero-order valence-corrected chi connectivity index (χ0v) is 12.4. The quantitative estimate of drug-likeness (QED) is 0.910. The Morgan fingerprint density at radius 3 is 3.05 bits per heavy atom. The molecule has 21 heavy (non-hydrogen) atoms. The number of nitrogens with zero attached hydrogens (tertiary/aromatic N) is 2. The highest BCUT2D eigenvalue weighted by Crippen LogP contribution is 2.27. The van der Waals surface area contributed by atoms with Crippen LogP contribution in [0.4, 0.5) is 17.2 Å². The van der Waals surface area contributed by atoms with Gasteiger partial charge in [-0.25, -0.2) is 0 Å². The van der Waals surface area contributed by atoms with Crippen LogP contribution in [0.15, 0.2) is 34.9 Å². The number of fused-ring (bicyclic) bond motifs is 1. The Bertz CT molecular complexity index is 629. The molecule has 0 saturated carbocycles. The standard InChI is InChI=1S/C14H16N4O2.ClH/c1-10-8-13(17-20-10)16-14(19)9-18-7-6-15-11-4-2-3-5-12(11)18;/h2-5,8,15H,6-7,9H2,1H3,(H,16,17,19);1H. The van der Waals surface area contributed by atoms with E-state index in [1.807, 2.05) is 29.2 Å². The smallest absolute Gasteiger partial charge is 0.245 e. The Morgan fingerprint density at radius 2 is 2.29 bits per heavy atom. The highest BCUT2D eigenvalue weighted by Gasteiger charge is 2.18. The van der Waals surface area contributed by atoms with Gasteiger partial charge < -0.3 is 20.1 Å². The van der Waals surface area contributed by atoms with E-state index in [1.54, 1.807) is 13.0 Å². The van der Waals surface area contributed by atoms with Crippen molar-refractivity contribution >= 4 is 35.5 Å². The summed E-state index contributed by atoms with van der Waals surface area (Å²) in [5.74, 6) is 1.03. The molecule has 112 valence electrons. The number of hydrogen-bond donors (Lipinski definition) is 2. The zero-order valence-electron chi connectivity index (χ0n) is 11.6. The average Bonchev–Trinajstić information content (AvgIpc) is 2.84. The highest BCUT2D eigenvalue weighted by atomic mass is 35.5. The number of carbonyl (C=O) groups is 1. The first-order valence-corrected chi connectivity index (χ1v) is 6.53. The van der Waals surface area contributed by atoms with Gasteiger partial charge in [0, 0.05) is 19.2 Å². The summed E-state index contributed by atoms with van der Waals surface area (Å²) in [6, 6.07) is 9.67. The lowest BCUT2D eigenvalue weighted by molar-refractivity contribution is -0.115. The molecule has 0 unspecified atom stereocenters. The summed E-state index contributed by atoms with van der Waals surface area (Å²) >= 11 is 0. The minimum atomic E-state index is -0.102. The van der Waals surface area contributed by atoms with Crippen LogP contribution in [0.5, 0.6) is 0 Å². The highest BCUT2D eigenvalue weighted by molar-refractivity contribution is 5.94. The monoisotopic (exact) mass is 308 g/mol. The van der Waals surface area contributed by atoms with Gasteiger partial charge in [0.15, 0.2) is 5.82 Å². The van der Waals surface area contributed by atoms with Gasteiger partial charge in [0.05, 0.1) is 17.9 Å². The number of rotatable bonds is 3. The van der Waals surface area contributed by atoms with Crippen LogP contribution in [-0.2, 0) is 4.79 Å². The fourth-order valence-electron chi connectivity index (χ4n) is 2.29. The normalized spacial score (nSPS) is 12.9. The molecular formula is C14H17ClN4O2. The van der Waals surface area contributed by atoms with Gasteiger partial charge in [0.1, 0.15) is 5.76 Å². The minimum absolute atomic E-state index is 0. The molecule has 0 bridgehead atoms. The third kappa shape index (κ3) is 3.46. The van der Waals surface area contributed by atoms with Crippen LogP contribution >= 0.6 is 12.4 Å². The summed E-state index contributed by atoms with van der Waals surface area (Å²) < 4.78 is 4.92. The molecular weight excluding hydrogens is 292 g/mol. The molecule has 6 nitrogen and oxygen atoms in total. The molecule has 7 heteroatoms. The molecule has 0 radical (unpaired) electrons. The number of nitrogens with one attached hydrogen (secondary N) is 2. The maximum Gasteiger partial charge on any atom is 0.245 e. The first-order valence-electron chi connectivity index (χ1n) is 6.53. The number of halogens is 1. The molecule has 0 aliphatic carbocycles. The molecule has 0 fully saturated rings. The lowest BCUT2D eigenvalue weighted by Gasteiger charge is -2.31. The van der Waals surface area contributed by atoms with Crippen LogP contribution < -0.4 is 15.5 Å². The second-order valence-electron chi connectivity index (χ2n) is 4.74. The van der Waals surface area contributed by atoms with Crippen molar-refractivity contribution in [3.05, 3.63) is 36.1 Å². The van der Waals surface area contributed by atoms with E-state index in [-0.39, 0.29) is 18.3 Å². The summed E-state index contributed by atoms with van der Waals surface area (Å²) in [5, 5.41) is 9.81. The minimum Gasteiger partial charge on any atom is -0.382 e. The molecule has 3 rings (SSSR count). The Morgan fingerprint density at radius 1 is 1.48 bits per heavy atom. The van der Waals surface area contributed by atoms with Gasteiger partial charge in [-0.2, -0.15) is 0 Å². The number of anilines is 3. The predicted molar refractivity (Wildman–Crippen MR) is 84.3 cm³/mol. The third-order valence-electron chi connectivity index (χ3n) is 3.17. The lowest BCUT2D eigenvalue weighted by atomic mass is 10.2. The van der Waals surface area contributed by atoms with Gasteiger partial charge >= 0.3 is 0 Å². The molecule has 1 aliphatic rings. The Balaban J connectivity index is 0.00000161. The maximum atomic E-state index is 12.0. The second kappa shape index (κ2) is 6.49. The molecule has 1 aromatic carbocycles. The van der Waals surface area contributed by atoms with Crippen molar-refractivity contribution in [3.63, 3.8) is 0 Å². The van der Waals surface area contributed by atoms with E-state index in [0.717, 1.165) is 24.5 Å². The molecule has 1 aromatic heterocycles. The second-order valence-corrected chi connectivity index (χ2v) is 4.74. The van der Waals surface area contributed by atoms with Gasteiger partial charge in [-0.15, -0.1) is 12.4 Å². The van der Waals surface area contributed by atoms with E-state index >= 15 is 0 Å². The number of hydrogen-bond acceptors (Lipinski definition) is 5. The molecule has 2 N–H and O–H groups in total. The largest absolute Gasteiger partial charge is 0.382 e. The number of amides is 1. The number of para-hydroxylation sites is 2. The maximum absolute atomic E-state index is 12.0. The van der Waals surface area contributed by atoms with Gasteiger partial charge in [-0.05, 0) is 19.1 Å². The summed E-state index contributed by atoms with van der Waals surface area (Å²) in [6.07, 6.45) is 0. The van der Waals surface area contributed by atoms with Crippen LogP contribution in [0.3, 0.4) is 0 Å². The molecule has 2 heterocycles. The number of benzene rings is 1. The van der Waals surface area contributed by atoms with Crippen molar-refractivity contribution in [2.45, 2.75) is 6.92 Å². The van der Waals surface area contributed by atoms with Crippen molar-refractivity contribution in [3.8, 4) is 0 Å². The number of carbonyl (C=O) groups excluding carboxylic acids is 1. The fourth-order valence-corrected chi connectivity index (χ4v) is 2.29. The van der Waals surface area contributed by atoms with Gasteiger partial charge in [0.25, 0.3) is 0 Å². The molecule has 0 atom stereocenters. The van der Waals surface area contributed by atoms with Crippen LogP contribution in [0.1, 0.15) is 5.76 Å². The molecule has 1 aliphatic heterocycles. The van der Waals surface area contributed by atoms with Crippen molar-refractivity contribution in [2.24, 2.45) is 0 Å². The van der Waals surface area contributed by atoms with Gasteiger partial charge in [-0.3, -0.25) is 4.79 Å². The third-order valence-corrected chi connectivity index (χ3v) is 3.17. The van der Waals surface area contributed by atoms with E-state index in [2.05, 4.69) is 15.8 Å². The van der Waals surface area contributed by atoms with Crippen LogP contribution in [0.25, 0.3) is 0 Å². The van der Waals surface area contributed by atoms with Crippen LogP contribution in [0.2, 0.25) is 0 Å². The topological polar surface area (TPSA) is 70.4 Å². The molecule has 0 saturated heterocycles. The number of aryl methyl sites for hydroxylation is 1. The molecule has 0 spiro atoms. The molecule has 2 aromatic rings. The van der Waals surface area contributed by atoms with Crippen molar-refractivity contribution < 1.29 is 9.32 Å². The van der Waals surface area contributed by atoms with E-state index < -0.39 is 0 Å². The van der Waals surface area contributed by atoms with Gasteiger partial charge in [-0.1, -0.05) is 17.3 Å². The number of aromatic nitrogens is 1. The summed E-state index contributed by atoms with van der Waals surface area (Å²) in [6.45, 7) is 3.70. The molecule has 1 amide bonds. The SMILES string of the molecule is Cc1cc(NC(=O)CN2CCNc3ccccc32)no1.Cl. The van der Waals surface area contributed by atoms with E-state index in [1.165, 1.54) is 0 Å². The van der Waals surface area contributed by atoms with E-state index in [4.69, 9.17) is 4.52 Å². The summed E-state index contributed by atoms with van der Waals surface area (Å²) in [4.78, 5) is 14.1. The fraction of sp³-hybridized carbons (Fsp3) is 0.286. The Kier molecular flexibility index (Phi) is 4.70. The predicted octanol–water partition coefficient (Wildman–Crippen LogP) is 2.28. The van der Waals surface area contributed by atoms with Crippen molar-refractivity contribution in [1.29, 1.82) is 0 Å². The lowest BCUT2D eigenvalue weighted by Crippen LogP contribution is -2.39. The van der Waals surface area contributed by atoms with Crippen molar-refractivity contribution in [2.75, 3.05) is 35.2 Å². The van der Waals surface area contributed by atoms with Crippen LogP contribution in [0, 0.1) is 6.92 Å². The van der Waals surface area contributed by atoms with Gasteiger partial charge in [0.2, 0.25) is 5.91 Å². The van der Waals surface area contributed by atoms with Crippen molar-refractivity contribution in [1.82, 2.24) is 5.16 Å². The average molecular weight is 309 g/mol. The zero-order chi connectivity index (χ0) is 13.9. The first-order chi connectivity index (χ1) is 9.72. The summed E-state index contributed by atoms with van der Waals surface area (Å²) in [7, 11) is 0. The first kappa shape index (κ1) is 15.2. The van der Waals surface area contributed by atoms with Crippen LogP contribution in [-0.4, -0.2) is 30.7 Å². The Hall–Kier alpha value is -2.21. The Labute approximate surface area is 128 Å². The summed E-state index contributed by atoms with van der Waals surface area (Å²) in [5.41, 5.74) is 2.11. The van der Waals surface area contributed by atoms with E-state index in [9.17, 15) is 4.79 Å². The van der Waals surface area contributed by atoms with E-state index in [0.29, 0.717) is 18.1 Å².